The maximum Gasteiger partial charge on any atom is 0.283 e. The molecule has 0 radical (unpaired) electrons. The summed E-state index contributed by atoms with van der Waals surface area (Å²) in [5.41, 5.74) is 9.72. The molecule has 7 nitrogen and oxygen atoms in total. The number of nitrogens with zero attached hydrogens (tertiary/aromatic N) is 3. The average molecular weight is 446 g/mol. The van der Waals surface area contributed by atoms with Crippen molar-refractivity contribution in [2.75, 3.05) is 19.8 Å². The Kier molecular flexibility index (Phi) is 4.58. The summed E-state index contributed by atoms with van der Waals surface area (Å²) < 4.78 is 32.0. The summed E-state index contributed by atoms with van der Waals surface area (Å²) in [6.45, 7) is 3.57. The number of aliphatic imine (C=N–C) groups is 1. The smallest absolute Gasteiger partial charge is 0.283 e. The van der Waals surface area contributed by atoms with Crippen LogP contribution in [-0.4, -0.2) is 35.8 Å². The third kappa shape index (κ3) is 3.24. The lowest BCUT2D eigenvalue weighted by molar-refractivity contribution is 0.0844. The first kappa shape index (κ1) is 20.1. The number of pyridine rings is 2. The van der Waals surface area contributed by atoms with Gasteiger partial charge in [-0.1, -0.05) is 6.07 Å². The lowest BCUT2D eigenvalue weighted by Crippen LogP contribution is -2.31. The zero-order chi connectivity index (χ0) is 22.6. The van der Waals surface area contributed by atoms with Crippen LogP contribution in [-0.2, 0) is 15.0 Å². The summed E-state index contributed by atoms with van der Waals surface area (Å²) in [5, 5.41) is 0. The van der Waals surface area contributed by atoms with Crippen molar-refractivity contribution < 1.29 is 18.6 Å². The van der Waals surface area contributed by atoms with Gasteiger partial charge in [0.25, 0.3) is 6.02 Å². The van der Waals surface area contributed by atoms with Crippen LogP contribution in [0.25, 0.3) is 11.1 Å². The van der Waals surface area contributed by atoms with E-state index in [1.165, 1.54) is 6.20 Å². The molecule has 3 aliphatic heterocycles. The van der Waals surface area contributed by atoms with Crippen LogP contribution in [0, 0.1) is 12.9 Å². The van der Waals surface area contributed by atoms with E-state index >= 15 is 0 Å². The Morgan fingerprint density at radius 2 is 1.85 bits per heavy atom. The quantitative estimate of drug-likeness (QED) is 0.594. The Labute approximate surface area is 190 Å². The largest absolute Gasteiger partial charge is 0.462 e. The predicted molar refractivity (Wildman–Crippen MR) is 120 cm³/mol. The molecule has 1 saturated heterocycles. The molecular weight excluding hydrogens is 423 g/mol. The van der Waals surface area contributed by atoms with Crippen LogP contribution in [0.4, 0.5) is 4.39 Å². The van der Waals surface area contributed by atoms with E-state index in [0.717, 1.165) is 48.4 Å². The van der Waals surface area contributed by atoms with Crippen LogP contribution < -0.4 is 10.5 Å². The normalized spacial score (nSPS) is 21.7. The molecule has 1 fully saturated rings. The molecule has 0 amide bonds. The number of amidine groups is 1. The molecule has 0 aliphatic carbocycles. The van der Waals surface area contributed by atoms with Crippen molar-refractivity contribution in [1.29, 1.82) is 0 Å². The van der Waals surface area contributed by atoms with Gasteiger partial charge in [0.05, 0.1) is 6.20 Å². The molecule has 3 aliphatic rings. The Balaban J connectivity index is 1.51. The zero-order valence-electron chi connectivity index (χ0n) is 18.2. The number of aromatic nitrogens is 2. The molecule has 0 unspecified atom stereocenters. The molecule has 0 saturated carbocycles. The van der Waals surface area contributed by atoms with E-state index < -0.39 is 11.5 Å². The van der Waals surface area contributed by atoms with Gasteiger partial charge in [-0.15, -0.1) is 0 Å². The van der Waals surface area contributed by atoms with Gasteiger partial charge in [-0.3, -0.25) is 4.98 Å². The fraction of sp³-hybridized carbons (Fsp3) is 0.320. The van der Waals surface area contributed by atoms with Gasteiger partial charge in [-0.25, -0.2) is 9.98 Å². The standard InChI is InChI=1S/C25H23FN4O3/c1-14-8-17(23(26)29-11-14)16-2-3-21-18(9-16)25(13-32-24(27)30-25)19-10-20(28-12-22(19)33-21)15-4-6-31-7-5-15/h2-3,8-12,15H,4-7,13H2,1H3,(H2,27,30)/t25-/m0/s1. The zero-order valence-corrected chi connectivity index (χ0v) is 18.2. The second-order valence-electron chi connectivity index (χ2n) is 8.76. The molecule has 3 aromatic rings. The maximum absolute atomic E-state index is 14.6. The van der Waals surface area contributed by atoms with Crippen molar-refractivity contribution in [2.24, 2.45) is 10.7 Å². The first-order valence-electron chi connectivity index (χ1n) is 11.0. The monoisotopic (exact) mass is 446 g/mol. The van der Waals surface area contributed by atoms with Crippen molar-refractivity contribution in [3.63, 3.8) is 0 Å². The highest BCUT2D eigenvalue weighted by molar-refractivity contribution is 5.78. The number of rotatable bonds is 2. The molecule has 8 heteroatoms. The number of fused-ring (bicyclic) bond motifs is 4. The van der Waals surface area contributed by atoms with E-state index in [2.05, 4.69) is 16.0 Å². The number of hydrogen-bond acceptors (Lipinski definition) is 7. The lowest BCUT2D eigenvalue weighted by Gasteiger charge is -2.34. The van der Waals surface area contributed by atoms with Gasteiger partial charge < -0.3 is 19.9 Å². The van der Waals surface area contributed by atoms with Crippen LogP contribution in [0.1, 0.15) is 41.1 Å². The molecule has 168 valence electrons. The van der Waals surface area contributed by atoms with Crippen molar-refractivity contribution in [3.05, 3.63) is 71.1 Å². The van der Waals surface area contributed by atoms with Gasteiger partial charge in [0.2, 0.25) is 5.95 Å². The third-order valence-electron chi connectivity index (χ3n) is 6.64. The highest BCUT2D eigenvalue weighted by Crippen LogP contribution is 2.52. The number of aryl methyl sites for hydroxylation is 1. The summed E-state index contributed by atoms with van der Waals surface area (Å²) in [6, 6.07) is 9.51. The molecule has 2 N–H and O–H groups in total. The summed E-state index contributed by atoms with van der Waals surface area (Å²) in [4.78, 5) is 13.3. The highest BCUT2D eigenvalue weighted by Gasteiger charge is 2.47. The van der Waals surface area contributed by atoms with E-state index in [-0.39, 0.29) is 12.6 Å². The fourth-order valence-corrected chi connectivity index (χ4v) is 4.92. The van der Waals surface area contributed by atoms with Crippen LogP contribution in [0.5, 0.6) is 11.5 Å². The Hall–Kier alpha value is -3.52. The van der Waals surface area contributed by atoms with Crippen molar-refractivity contribution in [1.82, 2.24) is 9.97 Å². The van der Waals surface area contributed by atoms with E-state index in [1.54, 1.807) is 12.3 Å². The van der Waals surface area contributed by atoms with Crippen molar-refractivity contribution in [3.8, 4) is 22.6 Å². The summed E-state index contributed by atoms with van der Waals surface area (Å²) >= 11 is 0. The SMILES string of the molecule is Cc1cnc(F)c(-c2ccc3c(c2)[C@@]2(COC(N)=N2)c2cc(C4CCOCC4)ncc2O3)c1. The molecule has 33 heavy (non-hydrogen) atoms. The molecule has 2 aromatic heterocycles. The molecule has 5 heterocycles. The predicted octanol–water partition coefficient (Wildman–Crippen LogP) is 4.18. The molecule has 6 rings (SSSR count). The van der Waals surface area contributed by atoms with Gasteiger partial charge >= 0.3 is 0 Å². The van der Waals surface area contributed by atoms with Crippen LogP contribution in [0.3, 0.4) is 0 Å². The topological polar surface area (TPSA) is 91.9 Å². The fourth-order valence-electron chi connectivity index (χ4n) is 4.92. The van der Waals surface area contributed by atoms with Gasteiger partial charge in [-0.2, -0.15) is 4.39 Å². The van der Waals surface area contributed by atoms with E-state index in [1.807, 2.05) is 25.1 Å². The summed E-state index contributed by atoms with van der Waals surface area (Å²) in [7, 11) is 0. The summed E-state index contributed by atoms with van der Waals surface area (Å²) in [6.07, 6.45) is 5.11. The van der Waals surface area contributed by atoms with Gasteiger partial charge in [0.15, 0.2) is 11.3 Å². The number of benzene rings is 1. The molecule has 1 atom stereocenters. The number of ether oxygens (including phenoxy) is 3. The number of halogens is 1. The Morgan fingerprint density at radius 1 is 1.03 bits per heavy atom. The molecule has 1 spiro atoms. The third-order valence-corrected chi connectivity index (χ3v) is 6.64. The maximum atomic E-state index is 14.6. The van der Waals surface area contributed by atoms with Crippen LogP contribution in [0.2, 0.25) is 0 Å². The first-order valence-corrected chi connectivity index (χ1v) is 11.0. The van der Waals surface area contributed by atoms with E-state index in [9.17, 15) is 4.39 Å². The van der Waals surface area contributed by atoms with Gasteiger partial charge in [0.1, 0.15) is 12.4 Å². The van der Waals surface area contributed by atoms with Crippen molar-refractivity contribution >= 4 is 6.02 Å². The van der Waals surface area contributed by atoms with E-state index in [0.29, 0.717) is 28.5 Å². The minimum Gasteiger partial charge on any atom is -0.462 e. The first-order chi connectivity index (χ1) is 16.0. The molecule has 0 bridgehead atoms. The van der Waals surface area contributed by atoms with Crippen LogP contribution >= 0.6 is 0 Å². The minimum absolute atomic E-state index is 0.118. The van der Waals surface area contributed by atoms with Gasteiger partial charge in [-0.05, 0) is 55.2 Å². The number of nitrogens with two attached hydrogens (primary N) is 1. The van der Waals surface area contributed by atoms with Gasteiger partial charge in [0, 0.05) is 47.7 Å². The molecular formula is C25H23FN4O3. The number of hydrogen-bond donors (Lipinski definition) is 1. The molecule has 1 aromatic carbocycles. The summed E-state index contributed by atoms with van der Waals surface area (Å²) in [5.74, 6) is 1.03. The second-order valence-corrected chi connectivity index (χ2v) is 8.76. The van der Waals surface area contributed by atoms with Crippen molar-refractivity contribution in [2.45, 2.75) is 31.2 Å². The second kappa shape index (κ2) is 7.52. The lowest BCUT2D eigenvalue weighted by atomic mass is 9.79. The average Bonchev–Trinajstić information content (AvgIpc) is 3.23. The van der Waals surface area contributed by atoms with Crippen LogP contribution in [0.15, 0.2) is 47.7 Å². The highest BCUT2D eigenvalue weighted by atomic mass is 19.1. The van der Waals surface area contributed by atoms with E-state index in [4.69, 9.17) is 24.9 Å². The Morgan fingerprint density at radius 3 is 2.64 bits per heavy atom. The Bertz CT molecular complexity index is 1290. The minimum atomic E-state index is -0.889.